The third-order valence-electron chi connectivity index (χ3n) is 13.2. The van der Waals surface area contributed by atoms with Crippen LogP contribution in [0.3, 0.4) is 0 Å². The molecule has 9 amide bonds. The van der Waals surface area contributed by atoms with Crippen molar-refractivity contribution >= 4 is 53.2 Å². The Labute approximate surface area is 432 Å². The van der Waals surface area contributed by atoms with E-state index in [1.54, 1.807) is 56.3 Å². The Balaban J connectivity index is 1.55. The second-order valence-corrected chi connectivity index (χ2v) is 19.5. The third-order valence-corrected chi connectivity index (χ3v) is 13.2. The lowest BCUT2D eigenvalue weighted by Crippen LogP contribution is -2.64. The quantitative estimate of drug-likeness (QED) is 0.0431. The van der Waals surface area contributed by atoms with Crippen molar-refractivity contribution in [2.45, 2.75) is 159 Å². The molecule has 0 spiro atoms. The van der Waals surface area contributed by atoms with E-state index in [-0.39, 0.29) is 50.3 Å². The lowest BCUT2D eigenvalue weighted by atomic mass is 10.00. The Bertz CT molecular complexity index is 2190. The topological polar surface area (TPSA) is 345 Å². The molecule has 8 atom stereocenters. The number of amides is 9. The van der Waals surface area contributed by atoms with E-state index in [0.717, 1.165) is 25.7 Å². The number of phenolic OH excluding ortho intramolecular Hbond substituents is 1. The average Bonchev–Trinajstić information content (AvgIpc) is 4.11. The minimum absolute atomic E-state index is 0.00535. The SMILES string of the molecule is CCCCCCCCC(=O)N(C(=O)[C@H](CO)NC(=O)[C@@H]1CCCN1)[C@@H](CN)C(=O)N[C@@H](Cc1ccccc1)C(=O)N[C@@H](CC(C)C)C(=O)N[C@@H](CO)C(=O)N1CCC[C@H]1C(=O)N[C@@H](Cc1ccc(O)cc1)C(N)=O. The van der Waals surface area contributed by atoms with E-state index in [1.807, 2.05) is 0 Å². The number of aliphatic hydroxyl groups excluding tert-OH is 2. The first kappa shape index (κ1) is 60.1. The van der Waals surface area contributed by atoms with E-state index >= 15 is 0 Å². The van der Waals surface area contributed by atoms with Crippen molar-refractivity contribution in [2.24, 2.45) is 17.4 Å². The van der Waals surface area contributed by atoms with Gasteiger partial charge in [0.05, 0.1) is 19.3 Å². The van der Waals surface area contributed by atoms with Gasteiger partial charge in [0, 0.05) is 32.4 Å². The number of carbonyl (C=O) groups is 9. The summed E-state index contributed by atoms with van der Waals surface area (Å²) in [6.07, 6.45) is 6.37. The van der Waals surface area contributed by atoms with Crippen molar-refractivity contribution in [1.29, 1.82) is 0 Å². The van der Waals surface area contributed by atoms with Gasteiger partial charge in [-0.15, -0.1) is 0 Å². The number of nitrogens with one attached hydrogen (secondary N) is 6. The first-order chi connectivity index (χ1) is 35.4. The van der Waals surface area contributed by atoms with Crippen LogP contribution >= 0.6 is 0 Å². The molecule has 2 aromatic carbocycles. The van der Waals surface area contributed by atoms with Gasteiger partial charge in [-0.25, -0.2) is 0 Å². The molecule has 22 nitrogen and oxygen atoms in total. The van der Waals surface area contributed by atoms with Crippen LogP contribution in [0.5, 0.6) is 5.75 Å². The van der Waals surface area contributed by atoms with Crippen molar-refractivity contribution < 1.29 is 58.5 Å². The first-order valence-corrected chi connectivity index (χ1v) is 25.9. The summed E-state index contributed by atoms with van der Waals surface area (Å²) in [4.78, 5) is 126. The van der Waals surface area contributed by atoms with Crippen LogP contribution in [-0.4, -0.2) is 159 Å². The lowest BCUT2D eigenvalue weighted by molar-refractivity contribution is -0.154. The number of hydrogen-bond acceptors (Lipinski definition) is 14. The molecular weight excluding hydrogens is 957 g/mol. The zero-order valence-electron chi connectivity index (χ0n) is 42.9. The van der Waals surface area contributed by atoms with Crippen LogP contribution in [0.15, 0.2) is 54.6 Å². The summed E-state index contributed by atoms with van der Waals surface area (Å²) in [5, 5.41) is 46.5. The zero-order valence-corrected chi connectivity index (χ0v) is 42.9. The second-order valence-electron chi connectivity index (χ2n) is 19.5. The van der Waals surface area contributed by atoms with Crippen LogP contribution in [0, 0.1) is 5.92 Å². The van der Waals surface area contributed by atoms with Crippen LogP contribution in [0.2, 0.25) is 0 Å². The molecule has 0 radical (unpaired) electrons. The Morgan fingerprint density at radius 1 is 0.703 bits per heavy atom. The van der Waals surface area contributed by atoms with E-state index in [0.29, 0.717) is 54.7 Å². The highest BCUT2D eigenvalue weighted by Gasteiger charge is 2.42. The van der Waals surface area contributed by atoms with Gasteiger partial charge in [-0.05, 0) is 74.2 Å². The predicted octanol–water partition coefficient (Wildman–Crippen LogP) is -0.707. The van der Waals surface area contributed by atoms with Crippen LogP contribution in [0.4, 0.5) is 0 Å². The maximum absolute atomic E-state index is 14.5. The Morgan fingerprint density at radius 2 is 1.30 bits per heavy atom. The molecule has 0 aromatic heterocycles. The molecule has 408 valence electrons. The van der Waals surface area contributed by atoms with E-state index in [4.69, 9.17) is 11.5 Å². The molecule has 2 aliphatic heterocycles. The number of hydrogen-bond donors (Lipinski definition) is 11. The van der Waals surface area contributed by atoms with E-state index in [2.05, 4.69) is 38.8 Å². The number of nitrogens with zero attached hydrogens (tertiary/aromatic N) is 2. The first-order valence-electron chi connectivity index (χ1n) is 25.9. The van der Waals surface area contributed by atoms with Crippen molar-refractivity contribution in [1.82, 2.24) is 41.7 Å². The van der Waals surface area contributed by atoms with Crippen LogP contribution in [0.25, 0.3) is 0 Å². The fourth-order valence-corrected chi connectivity index (χ4v) is 9.11. The number of benzene rings is 2. The molecule has 2 fully saturated rings. The van der Waals surface area contributed by atoms with E-state index < -0.39 is 121 Å². The highest BCUT2D eigenvalue weighted by Crippen LogP contribution is 2.21. The third kappa shape index (κ3) is 18.2. The summed E-state index contributed by atoms with van der Waals surface area (Å²) < 4.78 is 0. The van der Waals surface area contributed by atoms with Gasteiger partial charge in [-0.2, -0.15) is 0 Å². The molecule has 0 unspecified atom stereocenters. The number of carbonyl (C=O) groups excluding carboxylic acids is 9. The Morgan fingerprint density at radius 3 is 1.91 bits per heavy atom. The highest BCUT2D eigenvalue weighted by atomic mass is 16.3. The van der Waals surface area contributed by atoms with E-state index in [9.17, 15) is 58.5 Å². The standard InChI is InChI=1S/C52H78N10O12/c1-4-5-6-7-8-12-19-44(66)62(52(74)41(31-64)60-46(68)36-17-13-24-55-36)43(29-53)50(72)58-39(28-33-15-10-9-11-16-33)48(70)57-38(26-32(2)3)47(69)59-40(30-63)51(73)61-25-14-18-42(61)49(71)56-37(45(54)67)27-34-20-22-35(65)23-21-34/h9-11,15-16,20-23,32,36-43,55,63-65H,4-8,12-14,17-19,24-31,53H2,1-3H3,(H2,54,67)(H,56,71)(H,57,70)(H,58,72)(H,59,69)(H,60,68)/t36-,37-,38-,39-,40-,41-,42-,43-/m0/s1. The summed E-state index contributed by atoms with van der Waals surface area (Å²) in [6, 6.07) is 3.98. The molecule has 22 heteroatoms. The fraction of sp³-hybridized carbons (Fsp3) is 0.596. The van der Waals surface area contributed by atoms with Gasteiger partial charge in [0.1, 0.15) is 48.0 Å². The van der Waals surface area contributed by atoms with Crippen LogP contribution < -0.4 is 43.4 Å². The molecule has 4 rings (SSSR count). The van der Waals surface area contributed by atoms with Crippen molar-refractivity contribution in [3.8, 4) is 5.75 Å². The smallest absolute Gasteiger partial charge is 0.254 e. The molecule has 74 heavy (non-hydrogen) atoms. The predicted molar refractivity (Wildman–Crippen MR) is 273 cm³/mol. The number of imide groups is 1. The minimum Gasteiger partial charge on any atom is -0.508 e. The number of primary amides is 1. The maximum atomic E-state index is 14.5. The number of likely N-dealkylation sites (tertiary alicyclic amines) is 1. The number of nitrogens with two attached hydrogens (primary N) is 2. The average molecular weight is 1040 g/mol. The van der Waals surface area contributed by atoms with Gasteiger partial charge in [0.2, 0.25) is 47.3 Å². The lowest BCUT2D eigenvalue weighted by Gasteiger charge is -2.33. The van der Waals surface area contributed by atoms with Crippen molar-refractivity contribution in [2.75, 3.05) is 32.8 Å². The largest absolute Gasteiger partial charge is 0.508 e. The highest BCUT2D eigenvalue weighted by molar-refractivity contribution is 6.04. The molecule has 13 N–H and O–H groups in total. The minimum atomic E-state index is -1.71. The van der Waals surface area contributed by atoms with Crippen molar-refractivity contribution in [3.05, 3.63) is 65.7 Å². The summed E-state index contributed by atoms with van der Waals surface area (Å²) in [7, 11) is 0. The molecule has 2 aromatic rings. The van der Waals surface area contributed by atoms with Gasteiger partial charge >= 0.3 is 0 Å². The normalized spacial score (nSPS) is 17.7. The summed E-state index contributed by atoms with van der Waals surface area (Å²) in [5.74, 6) is -7.66. The second kappa shape index (κ2) is 30.6. The Kier molecular flexibility index (Phi) is 24.9. The van der Waals surface area contributed by atoms with Gasteiger partial charge in [0.25, 0.3) is 5.91 Å². The fourth-order valence-electron chi connectivity index (χ4n) is 9.11. The van der Waals surface area contributed by atoms with Gasteiger partial charge < -0.3 is 63.6 Å². The molecule has 0 bridgehead atoms. The van der Waals surface area contributed by atoms with Crippen LogP contribution in [-0.2, 0) is 56.0 Å². The zero-order chi connectivity index (χ0) is 54.3. The molecule has 0 aliphatic carbocycles. The molecule has 0 saturated carbocycles. The number of rotatable bonds is 30. The number of aromatic hydroxyl groups is 1. The molecule has 2 aliphatic rings. The summed E-state index contributed by atoms with van der Waals surface area (Å²) >= 11 is 0. The Hall–Kier alpha value is -6.49. The van der Waals surface area contributed by atoms with Gasteiger partial charge in [0.15, 0.2) is 0 Å². The maximum Gasteiger partial charge on any atom is 0.254 e. The molecule has 2 saturated heterocycles. The number of phenols is 1. The van der Waals surface area contributed by atoms with Crippen molar-refractivity contribution in [3.63, 3.8) is 0 Å². The number of unbranched alkanes of at least 4 members (excludes halogenated alkanes) is 5. The summed E-state index contributed by atoms with van der Waals surface area (Å²) in [5.41, 5.74) is 13.0. The van der Waals surface area contributed by atoms with E-state index in [1.165, 1.54) is 17.0 Å². The number of aliphatic hydroxyl groups is 2. The monoisotopic (exact) mass is 1030 g/mol. The molecule has 2 heterocycles. The van der Waals surface area contributed by atoms with Gasteiger partial charge in [-0.3, -0.25) is 48.1 Å². The van der Waals surface area contributed by atoms with Gasteiger partial charge in [-0.1, -0.05) is 95.3 Å². The summed E-state index contributed by atoms with van der Waals surface area (Å²) in [6.45, 7) is 3.91. The molecular formula is C52H78N10O12. The van der Waals surface area contributed by atoms with Crippen LogP contribution in [0.1, 0.15) is 109 Å².